The predicted octanol–water partition coefficient (Wildman–Crippen LogP) is 3.02. The highest BCUT2D eigenvalue weighted by atomic mass is 19.4. The van der Waals surface area contributed by atoms with Crippen molar-refractivity contribution in [1.29, 1.82) is 0 Å². The van der Waals surface area contributed by atoms with Crippen molar-refractivity contribution in [2.24, 2.45) is 11.8 Å². The van der Waals surface area contributed by atoms with Gasteiger partial charge in [0.25, 0.3) is 0 Å². The summed E-state index contributed by atoms with van der Waals surface area (Å²) in [4.78, 5) is 11.8. The molecular weight excluding hydrogens is 271 g/mol. The van der Waals surface area contributed by atoms with Gasteiger partial charge in [-0.25, -0.2) is 0 Å². The topological polar surface area (TPSA) is 49.3 Å². The van der Waals surface area contributed by atoms with Crippen LogP contribution in [0.15, 0.2) is 0 Å². The molecule has 6 heteroatoms. The molecule has 1 fully saturated rings. The third-order valence-electron chi connectivity index (χ3n) is 3.95. The fraction of sp³-hybridized carbons (Fsp3) is 0.929. The first-order valence-electron chi connectivity index (χ1n) is 7.40. The highest BCUT2D eigenvalue weighted by molar-refractivity contribution is 5.78. The van der Waals surface area contributed by atoms with Crippen LogP contribution in [0.2, 0.25) is 0 Å². The number of alkyl halides is 3. The number of hydrogen-bond donors (Lipinski definition) is 2. The molecule has 0 bridgehead atoms. The molecule has 0 aromatic heterocycles. The van der Waals surface area contributed by atoms with Gasteiger partial charge in [0.15, 0.2) is 0 Å². The molecule has 118 valence electrons. The van der Waals surface area contributed by atoms with Gasteiger partial charge in [0.2, 0.25) is 5.91 Å². The van der Waals surface area contributed by atoms with Crippen LogP contribution in [0.5, 0.6) is 0 Å². The predicted molar refractivity (Wildman–Crippen MR) is 70.1 cm³/mol. The van der Waals surface area contributed by atoms with Crippen molar-refractivity contribution in [3.8, 4) is 0 Å². The summed E-state index contributed by atoms with van der Waals surface area (Å²) >= 11 is 0. The van der Waals surface area contributed by atoms with Crippen molar-refractivity contribution in [2.45, 2.75) is 57.5 Å². The van der Waals surface area contributed by atoms with Crippen LogP contribution in [-0.4, -0.2) is 30.3 Å². The SMILES string of the molecule is O=C(NCCCCCCO)C1CCC(C(F)(F)F)CC1. The van der Waals surface area contributed by atoms with Crippen LogP contribution < -0.4 is 5.32 Å². The Bertz CT molecular complexity index is 287. The third-order valence-corrected chi connectivity index (χ3v) is 3.95. The van der Waals surface area contributed by atoms with E-state index in [0.29, 0.717) is 19.4 Å². The quantitative estimate of drug-likeness (QED) is 0.709. The molecule has 0 radical (unpaired) electrons. The Morgan fingerprint density at radius 3 is 2.20 bits per heavy atom. The lowest BCUT2D eigenvalue weighted by Crippen LogP contribution is -2.36. The van der Waals surface area contributed by atoms with Crippen LogP contribution >= 0.6 is 0 Å². The molecule has 1 amide bonds. The van der Waals surface area contributed by atoms with E-state index in [9.17, 15) is 18.0 Å². The molecule has 0 atom stereocenters. The molecule has 0 aromatic rings. The summed E-state index contributed by atoms with van der Waals surface area (Å²) in [7, 11) is 0. The van der Waals surface area contributed by atoms with Crippen LogP contribution in [0.25, 0.3) is 0 Å². The van der Waals surface area contributed by atoms with Gasteiger partial charge in [0, 0.05) is 19.1 Å². The summed E-state index contributed by atoms with van der Waals surface area (Å²) in [5.41, 5.74) is 0. The minimum Gasteiger partial charge on any atom is -0.396 e. The molecule has 0 aromatic carbocycles. The number of carbonyl (C=O) groups excluding carboxylic acids is 1. The molecule has 1 aliphatic carbocycles. The molecule has 3 nitrogen and oxygen atoms in total. The number of rotatable bonds is 7. The Morgan fingerprint density at radius 2 is 1.65 bits per heavy atom. The summed E-state index contributed by atoms with van der Waals surface area (Å²) in [5.74, 6) is -1.59. The van der Waals surface area contributed by atoms with Crippen molar-refractivity contribution >= 4 is 5.91 Å². The zero-order chi connectivity index (χ0) is 15.0. The van der Waals surface area contributed by atoms with Crippen molar-refractivity contribution in [3.05, 3.63) is 0 Å². The van der Waals surface area contributed by atoms with E-state index in [0.717, 1.165) is 25.7 Å². The Kier molecular flexibility index (Phi) is 7.34. The largest absolute Gasteiger partial charge is 0.396 e. The minimum atomic E-state index is -4.12. The number of amides is 1. The third kappa shape index (κ3) is 6.11. The van der Waals surface area contributed by atoms with Gasteiger partial charge >= 0.3 is 6.18 Å². The van der Waals surface area contributed by atoms with E-state index in [4.69, 9.17) is 5.11 Å². The first kappa shape index (κ1) is 17.3. The average molecular weight is 295 g/mol. The zero-order valence-corrected chi connectivity index (χ0v) is 11.7. The fourth-order valence-electron chi connectivity index (χ4n) is 2.63. The van der Waals surface area contributed by atoms with Crippen LogP contribution in [-0.2, 0) is 4.79 Å². The highest BCUT2D eigenvalue weighted by Crippen LogP contribution is 2.39. The number of hydrogen-bond acceptors (Lipinski definition) is 2. The lowest BCUT2D eigenvalue weighted by Gasteiger charge is -2.29. The zero-order valence-electron chi connectivity index (χ0n) is 11.7. The van der Waals surface area contributed by atoms with E-state index in [1.54, 1.807) is 0 Å². The Labute approximate surface area is 117 Å². The number of aliphatic hydroxyl groups is 1. The van der Waals surface area contributed by atoms with Crippen LogP contribution in [0.4, 0.5) is 13.2 Å². The number of carbonyl (C=O) groups is 1. The van der Waals surface area contributed by atoms with Gasteiger partial charge in [-0.05, 0) is 38.5 Å². The monoisotopic (exact) mass is 295 g/mol. The van der Waals surface area contributed by atoms with E-state index in [1.807, 2.05) is 0 Å². The molecule has 0 saturated heterocycles. The summed E-state index contributed by atoms with van der Waals surface area (Å²) in [5, 5.41) is 11.4. The Morgan fingerprint density at radius 1 is 1.05 bits per heavy atom. The van der Waals surface area contributed by atoms with E-state index in [-0.39, 0.29) is 31.3 Å². The van der Waals surface area contributed by atoms with Crippen molar-refractivity contribution in [2.75, 3.05) is 13.2 Å². The standard InChI is InChI=1S/C14H24F3NO2/c15-14(16,17)12-7-5-11(6-8-12)13(20)18-9-3-1-2-4-10-19/h11-12,19H,1-10H2,(H,18,20). The first-order valence-corrected chi connectivity index (χ1v) is 7.40. The van der Waals surface area contributed by atoms with Crippen LogP contribution in [0.1, 0.15) is 51.4 Å². The number of halogens is 3. The molecule has 0 aliphatic heterocycles. The molecule has 1 aliphatic rings. The minimum absolute atomic E-state index is 0.0675. The van der Waals surface area contributed by atoms with Gasteiger partial charge in [-0.2, -0.15) is 13.2 Å². The van der Waals surface area contributed by atoms with E-state index >= 15 is 0 Å². The summed E-state index contributed by atoms with van der Waals surface area (Å²) in [6.45, 7) is 0.762. The molecular formula is C14H24F3NO2. The van der Waals surface area contributed by atoms with Gasteiger partial charge in [-0.1, -0.05) is 12.8 Å². The van der Waals surface area contributed by atoms with E-state index in [1.165, 1.54) is 0 Å². The second-order valence-electron chi connectivity index (χ2n) is 5.52. The smallest absolute Gasteiger partial charge is 0.391 e. The van der Waals surface area contributed by atoms with Gasteiger partial charge in [-0.3, -0.25) is 4.79 Å². The lowest BCUT2D eigenvalue weighted by atomic mass is 9.81. The van der Waals surface area contributed by atoms with Crippen LogP contribution in [0.3, 0.4) is 0 Å². The average Bonchev–Trinajstić information content (AvgIpc) is 2.41. The Balaban J connectivity index is 2.13. The molecule has 1 saturated carbocycles. The highest BCUT2D eigenvalue weighted by Gasteiger charge is 2.42. The molecule has 2 N–H and O–H groups in total. The van der Waals surface area contributed by atoms with E-state index in [2.05, 4.69) is 5.32 Å². The first-order chi connectivity index (χ1) is 9.45. The molecule has 0 heterocycles. The number of unbranched alkanes of at least 4 members (excludes halogenated alkanes) is 3. The van der Waals surface area contributed by atoms with Crippen molar-refractivity contribution in [1.82, 2.24) is 5.32 Å². The Hall–Kier alpha value is -0.780. The maximum absolute atomic E-state index is 12.5. The fourth-order valence-corrected chi connectivity index (χ4v) is 2.63. The normalized spacial score (nSPS) is 23.6. The molecule has 20 heavy (non-hydrogen) atoms. The van der Waals surface area contributed by atoms with Crippen LogP contribution in [0, 0.1) is 11.8 Å². The number of nitrogens with one attached hydrogen (secondary N) is 1. The van der Waals surface area contributed by atoms with Gasteiger partial charge in [-0.15, -0.1) is 0 Å². The van der Waals surface area contributed by atoms with Crippen molar-refractivity contribution < 1.29 is 23.1 Å². The van der Waals surface area contributed by atoms with E-state index < -0.39 is 12.1 Å². The van der Waals surface area contributed by atoms with Gasteiger partial charge < -0.3 is 10.4 Å². The summed E-state index contributed by atoms with van der Waals surface area (Å²) in [6.07, 6.45) is 0.190. The molecule has 1 rings (SSSR count). The number of aliphatic hydroxyl groups excluding tert-OH is 1. The van der Waals surface area contributed by atoms with Gasteiger partial charge in [0.05, 0.1) is 5.92 Å². The molecule has 0 spiro atoms. The maximum Gasteiger partial charge on any atom is 0.391 e. The molecule has 0 unspecified atom stereocenters. The summed E-state index contributed by atoms with van der Waals surface area (Å²) in [6, 6.07) is 0. The second kappa shape index (κ2) is 8.49. The second-order valence-corrected chi connectivity index (χ2v) is 5.52. The summed E-state index contributed by atoms with van der Waals surface area (Å²) < 4.78 is 37.5. The lowest BCUT2D eigenvalue weighted by molar-refractivity contribution is -0.184. The van der Waals surface area contributed by atoms with Crippen molar-refractivity contribution in [3.63, 3.8) is 0 Å². The maximum atomic E-state index is 12.5. The van der Waals surface area contributed by atoms with Gasteiger partial charge in [0.1, 0.15) is 0 Å².